The zero-order valence-corrected chi connectivity index (χ0v) is 11.7. The molecule has 0 amide bonds. The lowest BCUT2D eigenvalue weighted by Crippen LogP contribution is -2.28. The SMILES string of the molecule is Clc1cc(Cl)cc(-c2nc(C3CCCNC3)no2)c1. The van der Waals surface area contributed by atoms with E-state index in [0.29, 0.717) is 21.9 Å². The highest BCUT2D eigenvalue weighted by Gasteiger charge is 2.21. The summed E-state index contributed by atoms with van der Waals surface area (Å²) in [5, 5.41) is 8.51. The van der Waals surface area contributed by atoms with Crippen molar-refractivity contribution in [2.45, 2.75) is 18.8 Å². The van der Waals surface area contributed by atoms with Crippen LogP contribution < -0.4 is 5.32 Å². The molecule has 0 aliphatic carbocycles. The first-order valence-corrected chi connectivity index (χ1v) is 6.99. The number of benzene rings is 1. The van der Waals surface area contributed by atoms with E-state index in [9.17, 15) is 0 Å². The quantitative estimate of drug-likeness (QED) is 0.921. The lowest BCUT2D eigenvalue weighted by atomic mass is 9.99. The Kier molecular flexibility index (Phi) is 3.73. The first-order valence-electron chi connectivity index (χ1n) is 6.23. The number of nitrogens with zero attached hydrogens (tertiary/aromatic N) is 2. The van der Waals surface area contributed by atoms with E-state index in [0.717, 1.165) is 37.3 Å². The monoisotopic (exact) mass is 297 g/mol. The third kappa shape index (κ3) is 2.91. The summed E-state index contributed by atoms with van der Waals surface area (Å²) in [6.07, 6.45) is 2.22. The molecule has 1 N–H and O–H groups in total. The number of hydrogen-bond acceptors (Lipinski definition) is 4. The molecular formula is C13H13Cl2N3O. The van der Waals surface area contributed by atoms with Gasteiger partial charge in [0.15, 0.2) is 5.82 Å². The number of nitrogens with one attached hydrogen (secondary N) is 1. The maximum Gasteiger partial charge on any atom is 0.258 e. The highest BCUT2D eigenvalue weighted by atomic mass is 35.5. The van der Waals surface area contributed by atoms with E-state index in [1.54, 1.807) is 18.2 Å². The van der Waals surface area contributed by atoms with Crippen LogP contribution >= 0.6 is 23.2 Å². The molecule has 1 aliphatic rings. The van der Waals surface area contributed by atoms with Crippen molar-refractivity contribution in [1.82, 2.24) is 15.5 Å². The molecular weight excluding hydrogens is 285 g/mol. The van der Waals surface area contributed by atoms with Crippen molar-refractivity contribution in [2.24, 2.45) is 0 Å². The first-order chi connectivity index (χ1) is 9.22. The zero-order chi connectivity index (χ0) is 13.2. The Labute approximate surface area is 121 Å². The Morgan fingerprint density at radius 1 is 1.21 bits per heavy atom. The van der Waals surface area contributed by atoms with Crippen LogP contribution in [0.1, 0.15) is 24.6 Å². The van der Waals surface area contributed by atoms with Gasteiger partial charge in [0, 0.05) is 28.1 Å². The second-order valence-corrected chi connectivity index (χ2v) is 5.53. The molecule has 1 saturated heterocycles. The molecule has 1 fully saturated rings. The van der Waals surface area contributed by atoms with Crippen LogP contribution in [0.5, 0.6) is 0 Å². The molecule has 19 heavy (non-hydrogen) atoms. The van der Waals surface area contributed by atoms with Gasteiger partial charge in [-0.25, -0.2) is 0 Å². The van der Waals surface area contributed by atoms with E-state index in [2.05, 4.69) is 15.5 Å². The normalized spacial score (nSPS) is 19.6. The minimum atomic E-state index is 0.320. The summed E-state index contributed by atoms with van der Waals surface area (Å²) in [6, 6.07) is 5.21. The third-order valence-electron chi connectivity index (χ3n) is 3.21. The Morgan fingerprint density at radius 2 is 2.00 bits per heavy atom. The van der Waals surface area contributed by atoms with Crippen LogP contribution in [0.25, 0.3) is 11.5 Å². The number of piperidine rings is 1. The van der Waals surface area contributed by atoms with Crippen molar-refractivity contribution in [3.63, 3.8) is 0 Å². The molecule has 4 nitrogen and oxygen atoms in total. The fraction of sp³-hybridized carbons (Fsp3) is 0.385. The van der Waals surface area contributed by atoms with E-state index in [4.69, 9.17) is 27.7 Å². The number of aromatic nitrogens is 2. The molecule has 0 saturated carbocycles. The molecule has 3 rings (SSSR count). The lowest BCUT2D eigenvalue weighted by Gasteiger charge is -2.19. The molecule has 100 valence electrons. The van der Waals surface area contributed by atoms with Gasteiger partial charge in [-0.1, -0.05) is 28.4 Å². The van der Waals surface area contributed by atoms with E-state index in [-0.39, 0.29) is 0 Å². The molecule has 1 aromatic carbocycles. The van der Waals surface area contributed by atoms with Gasteiger partial charge in [-0.15, -0.1) is 0 Å². The van der Waals surface area contributed by atoms with Crippen molar-refractivity contribution < 1.29 is 4.52 Å². The van der Waals surface area contributed by atoms with Crippen LogP contribution in [0.15, 0.2) is 22.7 Å². The third-order valence-corrected chi connectivity index (χ3v) is 3.65. The smallest absolute Gasteiger partial charge is 0.258 e. The van der Waals surface area contributed by atoms with Gasteiger partial charge in [0.2, 0.25) is 0 Å². The number of rotatable bonds is 2. The van der Waals surface area contributed by atoms with Gasteiger partial charge in [0.25, 0.3) is 5.89 Å². The highest BCUT2D eigenvalue weighted by molar-refractivity contribution is 6.35. The molecule has 0 bridgehead atoms. The Balaban J connectivity index is 1.87. The Hall–Kier alpha value is -1.10. The van der Waals surface area contributed by atoms with Crippen LogP contribution in [0.3, 0.4) is 0 Å². The fourth-order valence-electron chi connectivity index (χ4n) is 2.27. The minimum absolute atomic E-state index is 0.320. The highest BCUT2D eigenvalue weighted by Crippen LogP contribution is 2.28. The van der Waals surface area contributed by atoms with Gasteiger partial charge < -0.3 is 9.84 Å². The van der Waals surface area contributed by atoms with E-state index < -0.39 is 0 Å². The molecule has 1 unspecified atom stereocenters. The molecule has 2 heterocycles. The summed E-state index contributed by atoms with van der Waals surface area (Å²) < 4.78 is 5.31. The maximum absolute atomic E-state index is 5.97. The zero-order valence-electron chi connectivity index (χ0n) is 10.2. The molecule has 0 radical (unpaired) electrons. The van der Waals surface area contributed by atoms with E-state index >= 15 is 0 Å². The second-order valence-electron chi connectivity index (χ2n) is 4.66. The van der Waals surface area contributed by atoms with Gasteiger partial charge in [-0.2, -0.15) is 4.98 Å². The fourth-order valence-corrected chi connectivity index (χ4v) is 2.79. The average molecular weight is 298 g/mol. The van der Waals surface area contributed by atoms with Gasteiger partial charge in [-0.3, -0.25) is 0 Å². The van der Waals surface area contributed by atoms with Crippen molar-refractivity contribution in [3.05, 3.63) is 34.1 Å². The van der Waals surface area contributed by atoms with E-state index in [1.807, 2.05) is 0 Å². The van der Waals surface area contributed by atoms with Gasteiger partial charge in [-0.05, 0) is 37.6 Å². The van der Waals surface area contributed by atoms with Crippen LogP contribution in [-0.4, -0.2) is 23.2 Å². The second kappa shape index (κ2) is 5.49. The summed E-state index contributed by atoms with van der Waals surface area (Å²) in [5.41, 5.74) is 0.750. The van der Waals surface area contributed by atoms with Crippen LogP contribution in [0.2, 0.25) is 10.0 Å². The summed E-state index contributed by atoms with van der Waals surface area (Å²) in [7, 11) is 0. The maximum atomic E-state index is 5.97. The van der Waals surface area contributed by atoms with Crippen LogP contribution in [-0.2, 0) is 0 Å². The van der Waals surface area contributed by atoms with E-state index in [1.165, 1.54) is 0 Å². The van der Waals surface area contributed by atoms with Crippen molar-refractivity contribution in [1.29, 1.82) is 0 Å². The average Bonchev–Trinajstić information content (AvgIpc) is 2.88. The summed E-state index contributed by atoms with van der Waals surface area (Å²) in [5.74, 6) is 1.53. The molecule has 1 atom stereocenters. The lowest BCUT2D eigenvalue weighted by molar-refractivity contribution is 0.393. The van der Waals surface area contributed by atoms with Crippen molar-refractivity contribution >= 4 is 23.2 Å². The van der Waals surface area contributed by atoms with Crippen LogP contribution in [0, 0.1) is 0 Å². The van der Waals surface area contributed by atoms with Crippen molar-refractivity contribution in [2.75, 3.05) is 13.1 Å². The Morgan fingerprint density at radius 3 is 2.68 bits per heavy atom. The largest absolute Gasteiger partial charge is 0.334 e. The van der Waals surface area contributed by atoms with Gasteiger partial charge >= 0.3 is 0 Å². The van der Waals surface area contributed by atoms with Crippen LogP contribution in [0.4, 0.5) is 0 Å². The predicted molar refractivity (Wildman–Crippen MR) is 74.6 cm³/mol. The summed E-state index contributed by atoms with van der Waals surface area (Å²) in [6.45, 7) is 1.96. The first kappa shape index (κ1) is 12.9. The molecule has 2 aromatic rings. The molecule has 0 spiro atoms. The number of hydrogen-bond donors (Lipinski definition) is 1. The van der Waals surface area contributed by atoms with Gasteiger partial charge in [0.05, 0.1) is 0 Å². The predicted octanol–water partition coefficient (Wildman–Crippen LogP) is 3.51. The molecule has 1 aliphatic heterocycles. The standard InChI is InChI=1S/C13H13Cl2N3O/c14-10-4-9(5-11(15)6-10)13-17-12(18-19-13)8-2-1-3-16-7-8/h4-6,8,16H,1-3,7H2. The molecule has 6 heteroatoms. The minimum Gasteiger partial charge on any atom is -0.334 e. The number of halogens is 2. The van der Waals surface area contributed by atoms with Gasteiger partial charge in [0.1, 0.15) is 0 Å². The molecule has 1 aromatic heterocycles. The van der Waals surface area contributed by atoms with Crippen molar-refractivity contribution in [3.8, 4) is 11.5 Å². The Bertz CT molecular complexity index is 559. The summed E-state index contributed by atoms with van der Waals surface area (Å²) in [4.78, 5) is 4.45. The topological polar surface area (TPSA) is 51.0 Å². The summed E-state index contributed by atoms with van der Waals surface area (Å²) >= 11 is 11.9.